The quantitative estimate of drug-likeness (QED) is 0.901. The number of likely N-dealkylation sites (tertiary alicyclic amines) is 1. The molecule has 2 fully saturated rings. The Bertz CT molecular complexity index is 477. The van der Waals surface area contributed by atoms with Crippen LogP contribution < -0.4 is 10.6 Å². The van der Waals surface area contributed by atoms with Crippen molar-refractivity contribution in [2.45, 2.75) is 31.7 Å². The van der Waals surface area contributed by atoms with Crippen molar-refractivity contribution < 1.29 is 4.79 Å². The first kappa shape index (κ1) is 13.4. The van der Waals surface area contributed by atoms with E-state index in [9.17, 15) is 4.79 Å². The third kappa shape index (κ3) is 2.63. The fourth-order valence-corrected chi connectivity index (χ4v) is 3.43. The minimum atomic E-state index is -0.394. The minimum Gasteiger partial charge on any atom is -0.371 e. The van der Waals surface area contributed by atoms with Crippen LogP contribution in [0.5, 0.6) is 0 Å². The number of primary amides is 1. The average molecular weight is 274 g/mol. The number of nitrogens with two attached hydrogens (primary N) is 1. The summed E-state index contributed by atoms with van der Waals surface area (Å²) in [5, 5.41) is 0. The summed E-state index contributed by atoms with van der Waals surface area (Å²) in [4.78, 5) is 20.4. The molecule has 0 aliphatic carbocycles. The lowest BCUT2D eigenvalue weighted by molar-refractivity contribution is 0.1000. The van der Waals surface area contributed by atoms with Gasteiger partial charge in [0.15, 0.2) is 0 Å². The Kier molecular flexibility index (Phi) is 3.87. The topological polar surface area (TPSA) is 62.5 Å². The molecule has 2 N–H and O–H groups in total. The van der Waals surface area contributed by atoms with Crippen LogP contribution in [0.4, 0.5) is 5.69 Å². The van der Waals surface area contributed by atoms with Crippen molar-refractivity contribution in [3.8, 4) is 0 Å². The Morgan fingerprint density at radius 1 is 1.20 bits per heavy atom. The van der Waals surface area contributed by atoms with Gasteiger partial charge in [-0.15, -0.1) is 0 Å². The second-order valence-corrected chi connectivity index (χ2v) is 5.72. The maximum atomic E-state index is 11.5. The number of nitrogens with zero attached hydrogens (tertiary/aromatic N) is 3. The first-order valence-corrected chi connectivity index (χ1v) is 7.48. The number of amides is 1. The van der Waals surface area contributed by atoms with E-state index in [0.717, 1.165) is 18.8 Å². The molecule has 0 atom stereocenters. The van der Waals surface area contributed by atoms with Gasteiger partial charge in [0.1, 0.15) is 0 Å². The molecule has 0 radical (unpaired) electrons. The number of hydrogen-bond acceptors (Lipinski definition) is 4. The fourth-order valence-electron chi connectivity index (χ4n) is 3.43. The second-order valence-electron chi connectivity index (χ2n) is 5.72. The highest BCUT2D eigenvalue weighted by Crippen LogP contribution is 2.26. The van der Waals surface area contributed by atoms with E-state index in [2.05, 4.69) is 14.8 Å². The molecule has 1 aromatic rings. The largest absolute Gasteiger partial charge is 0.371 e. The molecule has 5 nitrogen and oxygen atoms in total. The smallest absolute Gasteiger partial charge is 0.252 e. The predicted molar refractivity (Wildman–Crippen MR) is 78.8 cm³/mol. The van der Waals surface area contributed by atoms with Crippen molar-refractivity contribution in [1.29, 1.82) is 0 Å². The van der Waals surface area contributed by atoms with Crippen LogP contribution in [0, 0.1) is 0 Å². The first-order valence-electron chi connectivity index (χ1n) is 7.48. The monoisotopic (exact) mass is 274 g/mol. The van der Waals surface area contributed by atoms with Gasteiger partial charge in [0.2, 0.25) is 0 Å². The SMILES string of the molecule is NC(=O)c1cnccc1N1CCC(N2CCCC2)CC1. The van der Waals surface area contributed by atoms with E-state index in [-0.39, 0.29) is 0 Å². The lowest BCUT2D eigenvalue weighted by Gasteiger charge is -2.38. The molecule has 108 valence electrons. The van der Waals surface area contributed by atoms with Gasteiger partial charge in [0, 0.05) is 31.5 Å². The summed E-state index contributed by atoms with van der Waals surface area (Å²) in [6, 6.07) is 2.61. The normalized spacial score (nSPS) is 21.3. The first-order chi connectivity index (χ1) is 9.75. The van der Waals surface area contributed by atoms with Crippen LogP contribution in [0.2, 0.25) is 0 Å². The van der Waals surface area contributed by atoms with Crippen molar-refractivity contribution in [3.05, 3.63) is 24.0 Å². The van der Waals surface area contributed by atoms with E-state index in [1.54, 1.807) is 12.4 Å². The van der Waals surface area contributed by atoms with Crippen LogP contribution in [-0.4, -0.2) is 48.0 Å². The highest BCUT2D eigenvalue weighted by atomic mass is 16.1. The van der Waals surface area contributed by atoms with E-state index in [1.807, 2.05) is 6.07 Å². The predicted octanol–water partition coefficient (Wildman–Crippen LogP) is 1.25. The summed E-state index contributed by atoms with van der Waals surface area (Å²) in [6.07, 6.45) is 8.33. The molecule has 2 saturated heterocycles. The number of aromatic nitrogens is 1. The molecule has 0 spiro atoms. The molecule has 1 amide bonds. The number of rotatable bonds is 3. The fraction of sp³-hybridized carbons (Fsp3) is 0.600. The van der Waals surface area contributed by atoms with Crippen molar-refractivity contribution in [2.75, 3.05) is 31.1 Å². The molecular weight excluding hydrogens is 252 g/mol. The van der Waals surface area contributed by atoms with Crippen LogP contribution in [0.1, 0.15) is 36.0 Å². The maximum Gasteiger partial charge on any atom is 0.252 e. The van der Waals surface area contributed by atoms with Gasteiger partial charge in [-0.2, -0.15) is 0 Å². The minimum absolute atomic E-state index is 0.394. The molecule has 3 heterocycles. The summed E-state index contributed by atoms with van der Waals surface area (Å²) in [5.41, 5.74) is 6.91. The zero-order chi connectivity index (χ0) is 13.9. The van der Waals surface area contributed by atoms with E-state index in [1.165, 1.54) is 38.8 Å². The maximum absolute atomic E-state index is 11.5. The number of piperidine rings is 1. The highest BCUT2D eigenvalue weighted by molar-refractivity contribution is 5.98. The van der Waals surface area contributed by atoms with Gasteiger partial charge in [-0.05, 0) is 44.8 Å². The Hall–Kier alpha value is -1.62. The second kappa shape index (κ2) is 5.79. The summed E-state index contributed by atoms with van der Waals surface area (Å²) in [5.74, 6) is -0.394. The Labute approximate surface area is 119 Å². The van der Waals surface area contributed by atoms with E-state index in [4.69, 9.17) is 5.73 Å². The molecule has 3 rings (SSSR count). The molecule has 0 unspecified atom stereocenters. The summed E-state index contributed by atoms with van der Waals surface area (Å²) < 4.78 is 0. The van der Waals surface area contributed by atoms with Gasteiger partial charge < -0.3 is 15.5 Å². The molecular formula is C15H22N4O. The molecule has 2 aliphatic heterocycles. The number of hydrogen-bond donors (Lipinski definition) is 1. The van der Waals surface area contributed by atoms with Gasteiger partial charge in [-0.3, -0.25) is 9.78 Å². The zero-order valence-electron chi connectivity index (χ0n) is 11.8. The number of pyridine rings is 1. The van der Waals surface area contributed by atoms with Gasteiger partial charge in [-0.1, -0.05) is 0 Å². The Balaban J connectivity index is 1.67. The van der Waals surface area contributed by atoms with Crippen molar-refractivity contribution in [1.82, 2.24) is 9.88 Å². The Morgan fingerprint density at radius 2 is 1.90 bits per heavy atom. The Morgan fingerprint density at radius 3 is 2.55 bits per heavy atom. The molecule has 1 aromatic heterocycles. The van der Waals surface area contributed by atoms with Gasteiger partial charge >= 0.3 is 0 Å². The third-order valence-electron chi connectivity index (χ3n) is 4.53. The molecule has 0 bridgehead atoms. The third-order valence-corrected chi connectivity index (χ3v) is 4.53. The zero-order valence-corrected chi connectivity index (χ0v) is 11.8. The molecule has 0 aromatic carbocycles. The summed E-state index contributed by atoms with van der Waals surface area (Å²) >= 11 is 0. The van der Waals surface area contributed by atoms with Crippen LogP contribution in [0.15, 0.2) is 18.5 Å². The van der Waals surface area contributed by atoms with Crippen LogP contribution >= 0.6 is 0 Å². The van der Waals surface area contributed by atoms with Gasteiger partial charge in [0.05, 0.1) is 11.3 Å². The van der Waals surface area contributed by atoms with E-state index >= 15 is 0 Å². The van der Waals surface area contributed by atoms with Gasteiger partial charge in [-0.25, -0.2) is 0 Å². The summed E-state index contributed by atoms with van der Waals surface area (Å²) in [6.45, 7) is 4.50. The lowest BCUT2D eigenvalue weighted by Crippen LogP contribution is -2.44. The molecule has 5 heteroatoms. The number of anilines is 1. The van der Waals surface area contributed by atoms with E-state index in [0.29, 0.717) is 11.6 Å². The summed E-state index contributed by atoms with van der Waals surface area (Å²) in [7, 11) is 0. The van der Waals surface area contributed by atoms with E-state index < -0.39 is 5.91 Å². The lowest BCUT2D eigenvalue weighted by atomic mass is 10.0. The molecule has 0 saturated carbocycles. The number of carbonyl (C=O) groups is 1. The van der Waals surface area contributed by atoms with Crippen molar-refractivity contribution in [3.63, 3.8) is 0 Å². The van der Waals surface area contributed by atoms with Crippen LogP contribution in [0.3, 0.4) is 0 Å². The molecule has 2 aliphatic rings. The average Bonchev–Trinajstić information content (AvgIpc) is 3.02. The number of carbonyl (C=O) groups excluding carboxylic acids is 1. The highest BCUT2D eigenvalue weighted by Gasteiger charge is 2.27. The standard InChI is InChI=1S/C15H22N4O/c16-15(20)13-11-17-6-3-14(13)19-9-4-12(5-10-19)18-7-1-2-8-18/h3,6,11-12H,1-2,4-5,7-10H2,(H2,16,20). The van der Waals surface area contributed by atoms with Gasteiger partial charge in [0.25, 0.3) is 5.91 Å². The van der Waals surface area contributed by atoms with Crippen LogP contribution in [-0.2, 0) is 0 Å². The van der Waals surface area contributed by atoms with Crippen LogP contribution in [0.25, 0.3) is 0 Å². The van der Waals surface area contributed by atoms with Crippen molar-refractivity contribution in [2.24, 2.45) is 5.73 Å². The van der Waals surface area contributed by atoms with Crippen molar-refractivity contribution >= 4 is 11.6 Å². The molecule has 20 heavy (non-hydrogen) atoms.